The highest BCUT2D eigenvalue weighted by molar-refractivity contribution is 5.92. The van der Waals surface area contributed by atoms with E-state index in [-0.39, 0.29) is 0 Å². The highest BCUT2D eigenvalue weighted by Crippen LogP contribution is 2.44. The van der Waals surface area contributed by atoms with Gasteiger partial charge in [-0.15, -0.1) is 0 Å². The first-order valence-electron chi connectivity index (χ1n) is 9.40. The highest BCUT2D eigenvalue weighted by Gasteiger charge is 2.31. The fraction of sp³-hybridized carbons (Fsp3) is 0.381. The van der Waals surface area contributed by atoms with Crippen molar-refractivity contribution < 1.29 is 0 Å². The number of nitrogens with zero attached hydrogens (tertiary/aromatic N) is 4. The van der Waals surface area contributed by atoms with Gasteiger partial charge in [0.2, 0.25) is 0 Å². The van der Waals surface area contributed by atoms with Crippen LogP contribution in [0.1, 0.15) is 60.9 Å². The molecule has 0 aromatic carbocycles. The average Bonchev–Trinajstić information content (AvgIpc) is 3.44. The molecule has 0 saturated heterocycles. The maximum absolute atomic E-state index is 9.92. The van der Waals surface area contributed by atoms with E-state index < -0.39 is 0 Å². The molecule has 0 spiro atoms. The van der Waals surface area contributed by atoms with E-state index >= 15 is 0 Å². The summed E-state index contributed by atoms with van der Waals surface area (Å²) in [5.41, 5.74) is 11.3. The van der Waals surface area contributed by atoms with Crippen LogP contribution in [0.2, 0.25) is 0 Å². The van der Waals surface area contributed by atoms with Gasteiger partial charge in [-0.05, 0) is 55.9 Å². The third kappa shape index (κ3) is 2.33. The van der Waals surface area contributed by atoms with Gasteiger partial charge in [0.1, 0.15) is 11.7 Å². The van der Waals surface area contributed by atoms with E-state index in [1.54, 1.807) is 0 Å². The van der Waals surface area contributed by atoms with Crippen molar-refractivity contribution in [3.8, 4) is 17.5 Å². The summed E-state index contributed by atoms with van der Waals surface area (Å²) in [5, 5.41) is 10.9. The Balaban J connectivity index is 1.77. The number of hydrogen-bond donors (Lipinski definition) is 1. The summed E-state index contributed by atoms with van der Waals surface area (Å²) in [7, 11) is 0. The van der Waals surface area contributed by atoms with Gasteiger partial charge in [-0.2, -0.15) is 5.26 Å². The highest BCUT2D eigenvalue weighted by atomic mass is 15.1. The number of nitrogens with two attached hydrogens (primary N) is 1. The Morgan fingerprint density at radius 2 is 2.00 bits per heavy atom. The van der Waals surface area contributed by atoms with Gasteiger partial charge in [0.05, 0.1) is 17.0 Å². The van der Waals surface area contributed by atoms with Gasteiger partial charge in [-0.25, -0.2) is 4.98 Å². The Hall–Kier alpha value is -2.71. The summed E-state index contributed by atoms with van der Waals surface area (Å²) in [5.74, 6) is 0.597. The molecule has 0 bridgehead atoms. The molecule has 2 N–H and O–H groups in total. The van der Waals surface area contributed by atoms with Gasteiger partial charge in [0.15, 0.2) is 0 Å². The first-order chi connectivity index (χ1) is 12.8. The van der Waals surface area contributed by atoms with Gasteiger partial charge in [0, 0.05) is 35.8 Å². The molecule has 26 heavy (non-hydrogen) atoms. The molecular formula is C21H21N5. The van der Waals surface area contributed by atoms with Crippen LogP contribution in [0.3, 0.4) is 0 Å². The van der Waals surface area contributed by atoms with E-state index in [0.29, 0.717) is 24.1 Å². The molecule has 3 aromatic rings. The summed E-state index contributed by atoms with van der Waals surface area (Å²) in [6.07, 6.45) is 7.76. The summed E-state index contributed by atoms with van der Waals surface area (Å²) in [6, 6.07) is 11.0. The summed E-state index contributed by atoms with van der Waals surface area (Å²) in [6.45, 7) is 0.469. The molecule has 2 aliphatic carbocycles. The van der Waals surface area contributed by atoms with Crippen LogP contribution in [0, 0.1) is 11.3 Å². The second-order valence-electron chi connectivity index (χ2n) is 7.43. The Bertz CT molecular complexity index is 1020. The molecular weight excluding hydrogens is 322 g/mol. The number of hydrogen-bond acceptors (Lipinski definition) is 4. The lowest BCUT2D eigenvalue weighted by Gasteiger charge is -2.29. The molecule has 3 aromatic heterocycles. The van der Waals surface area contributed by atoms with Crippen LogP contribution >= 0.6 is 0 Å². The first kappa shape index (κ1) is 15.5. The van der Waals surface area contributed by atoms with Crippen LogP contribution in [0.4, 0.5) is 0 Å². The quantitative estimate of drug-likeness (QED) is 0.775. The van der Waals surface area contributed by atoms with Crippen molar-refractivity contribution in [3.63, 3.8) is 0 Å². The Labute approximate surface area is 152 Å². The van der Waals surface area contributed by atoms with Crippen LogP contribution in [0.15, 0.2) is 30.5 Å². The predicted octanol–water partition coefficient (Wildman–Crippen LogP) is 4.03. The SMILES string of the molecule is N#Cc1c(-c2ccc(CN)cn2)n(C2CCC2)c2nc(C3CC3)ccc12. The van der Waals surface area contributed by atoms with Gasteiger partial charge >= 0.3 is 0 Å². The molecule has 0 radical (unpaired) electrons. The molecule has 2 saturated carbocycles. The van der Waals surface area contributed by atoms with Crippen molar-refractivity contribution >= 4 is 11.0 Å². The molecule has 0 atom stereocenters. The minimum atomic E-state index is 0.410. The normalized spacial score (nSPS) is 17.2. The largest absolute Gasteiger partial charge is 0.326 e. The number of aromatic nitrogens is 3. The van der Waals surface area contributed by atoms with Crippen LogP contribution in [0.25, 0.3) is 22.4 Å². The maximum atomic E-state index is 9.92. The topological polar surface area (TPSA) is 80.5 Å². The third-order valence-electron chi connectivity index (χ3n) is 5.72. The lowest BCUT2D eigenvalue weighted by atomic mass is 9.92. The lowest BCUT2D eigenvalue weighted by molar-refractivity contribution is 0.322. The average molecular weight is 343 g/mol. The van der Waals surface area contributed by atoms with E-state index in [4.69, 9.17) is 10.7 Å². The molecule has 5 heteroatoms. The Kier molecular flexibility index (Phi) is 3.54. The molecule has 3 heterocycles. The standard InChI is InChI=1S/C21H21N5/c22-10-13-4-8-19(24-12-13)20-17(11-23)16-7-9-18(14-5-6-14)25-21(16)26(20)15-2-1-3-15/h4,7-9,12,14-15H,1-3,5-6,10,22H2. The van der Waals surface area contributed by atoms with E-state index in [1.165, 1.54) is 19.3 Å². The van der Waals surface area contributed by atoms with E-state index in [9.17, 15) is 5.26 Å². The molecule has 5 nitrogen and oxygen atoms in total. The second kappa shape index (κ2) is 5.93. The zero-order chi connectivity index (χ0) is 17.7. The van der Waals surface area contributed by atoms with Crippen LogP contribution in [0.5, 0.6) is 0 Å². The summed E-state index contributed by atoms with van der Waals surface area (Å²) in [4.78, 5) is 9.61. The monoisotopic (exact) mass is 343 g/mol. The molecule has 0 unspecified atom stereocenters. The minimum Gasteiger partial charge on any atom is -0.326 e. The number of rotatable bonds is 4. The molecule has 0 amide bonds. The van der Waals surface area contributed by atoms with E-state index in [2.05, 4.69) is 27.8 Å². The molecule has 5 rings (SSSR count). The molecule has 2 fully saturated rings. The van der Waals surface area contributed by atoms with Gasteiger partial charge in [-0.1, -0.05) is 6.07 Å². The Morgan fingerprint density at radius 1 is 1.15 bits per heavy atom. The Morgan fingerprint density at radius 3 is 2.58 bits per heavy atom. The fourth-order valence-corrected chi connectivity index (χ4v) is 3.85. The second-order valence-corrected chi connectivity index (χ2v) is 7.43. The van der Waals surface area contributed by atoms with Crippen molar-refractivity contribution in [3.05, 3.63) is 47.3 Å². The predicted molar refractivity (Wildman–Crippen MR) is 100 cm³/mol. The van der Waals surface area contributed by atoms with Crippen molar-refractivity contribution in [2.75, 3.05) is 0 Å². The minimum absolute atomic E-state index is 0.410. The van der Waals surface area contributed by atoms with E-state index in [0.717, 1.165) is 46.5 Å². The summed E-state index contributed by atoms with van der Waals surface area (Å²) >= 11 is 0. The van der Waals surface area contributed by atoms with Crippen LogP contribution in [-0.4, -0.2) is 14.5 Å². The number of nitriles is 1. The molecule has 0 aliphatic heterocycles. The zero-order valence-electron chi connectivity index (χ0n) is 14.7. The molecule has 130 valence electrons. The van der Waals surface area contributed by atoms with Crippen molar-refractivity contribution in [2.45, 2.75) is 50.6 Å². The van der Waals surface area contributed by atoms with Crippen LogP contribution < -0.4 is 5.73 Å². The van der Waals surface area contributed by atoms with Crippen molar-refractivity contribution in [2.24, 2.45) is 5.73 Å². The zero-order valence-corrected chi connectivity index (χ0v) is 14.7. The van der Waals surface area contributed by atoms with Crippen LogP contribution in [-0.2, 0) is 6.54 Å². The van der Waals surface area contributed by atoms with Crippen molar-refractivity contribution in [1.82, 2.24) is 14.5 Å². The maximum Gasteiger partial charge on any atom is 0.142 e. The first-order valence-corrected chi connectivity index (χ1v) is 9.40. The molecule has 2 aliphatic rings. The van der Waals surface area contributed by atoms with Crippen molar-refractivity contribution in [1.29, 1.82) is 5.26 Å². The van der Waals surface area contributed by atoms with Gasteiger partial charge < -0.3 is 10.3 Å². The number of fused-ring (bicyclic) bond motifs is 1. The third-order valence-corrected chi connectivity index (χ3v) is 5.72. The summed E-state index contributed by atoms with van der Waals surface area (Å²) < 4.78 is 2.29. The number of pyridine rings is 2. The lowest BCUT2D eigenvalue weighted by Crippen LogP contribution is -2.18. The fourth-order valence-electron chi connectivity index (χ4n) is 3.85. The van der Waals surface area contributed by atoms with Gasteiger partial charge in [-0.3, -0.25) is 4.98 Å². The smallest absolute Gasteiger partial charge is 0.142 e. The van der Waals surface area contributed by atoms with Gasteiger partial charge in [0.25, 0.3) is 0 Å². The van der Waals surface area contributed by atoms with E-state index in [1.807, 2.05) is 18.3 Å².